The molecule has 0 saturated heterocycles. The van der Waals surface area contributed by atoms with Gasteiger partial charge in [0, 0.05) is 17.0 Å². The summed E-state index contributed by atoms with van der Waals surface area (Å²) in [7, 11) is 0. The third-order valence-corrected chi connectivity index (χ3v) is 4.02. The number of hydrogen-bond acceptors (Lipinski definition) is 2. The van der Waals surface area contributed by atoms with Gasteiger partial charge < -0.3 is 5.32 Å². The molecule has 1 aliphatic heterocycles. The number of allylic oxidation sites excluding steroid dienone is 3. The number of benzene rings is 2. The molecule has 0 amide bonds. The summed E-state index contributed by atoms with van der Waals surface area (Å²) in [5.74, 6) is 1.40. The van der Waals surface area contributed by atoms with Crippen LogP contribution in [0.15, 0.2) is 65.2 Å². The molecule has 0 saturated carbocycles. The minimum Gasteiger partial charge on any atom is -0.343 e. The van der Waals surface area contributed by atoms with Gasteiger partial charge in [-0.2, -0.15) is 0 Å². The van der Waals surface area contributed by atoms with Crippen LogP contribution in [0.2, 0.25) is 0 Å². The van der Waals surface area contributed by atoms with Gasteiger partial charge in [-0.05, 0) is 30.9 Å². The smallest absolute Gasteiger partial charge is 0.114 e. The number of amidine groups is 1. The molecule has 2 nitrogen and oxygen atoms in total. The molecule has 0 radical (unpaired) electrons. The van der Waals surface area contributed by atoms with Crippen molar-refractivity contribution in [2.75, 3.05) is 5.32 Å². The topological polar surface area (TPSA) is 24.4 Å². The minimum atomic E-state index is 0.349. The molecule has 0 bridgehead atoms. The zero-order valence-electron chi connectivity index (χ0n) is 11.4. The highest BCUT2D eigenvalue weighted by Crippen LogP contribution is 2.37. The van der Waals surface area contributed by atoms with Gasteiger partial charge >= 0.3 is 0 Å². The van der Waals surface area contributed by atoms with E-state index in [1.54, 1.807) is 0 Å². The van der Waals surface area contributed by atoms with E-state index >= 15 is 0 Å². The monoisotopic (exact) mass is 260 g/mol. The molecule has 2 aliphatic rings. The van der Waals surface area contributed by atoms with Crippen molar-refractivity contribution in [1.82, 2.24) is 0 Å². The molecule has 1 heterocycles. The number of nitrogens with zero attached hydrogens (tertiary/aromatic N) is 1. The molecular formula is C18H16N2. The Morgan fingerprint density at radius 1 is 1.15 bits per heavy atom. The highest BCUT2D eigenvalue weighted by molar-refractivity contribution is 6.14. The van der Waals surface area contributed by atoms with E-state index in [9.17, 15) is 0 Å². The van der Waals surface area contributed by atoms with Gasteiger partial charge in [0.15, 0.2) is 0 Å². The SMILES string of the molecule is CC1=CCC(C2=Nc3cccc4cccc(c34)N2)C=C1. The summed E-state index contributed by atoms with van der Waals surface area (Å²) >= 11 is 0. The average Bonchev–Trinajstić information content (AvgIpc) is 2.48. The Labute approximate surface area is 118 Å². The lowest BCUT2D eigenvalue weighted by atomic mass is 9.94. The van der Waals surface area contributed by atoms with Crippen molar-refractivity contribution in [1.29, 1.82) is 0 Å². The average molecular weight is 260 g/mol. The molecular weight excluding hydrogens is 244 g/mol. The fourth-order valence-electron chi connectivity index (χ4n) is 2.92. The predicted molar refractivity (Wildman–Crippen MR) is 85.7 cm³/mol. The zero-order chi connectivity index (χ0) is 13.5. The lowest BCUT2D eigenvalue weighted by Gasteiger charge is -2.24. The molecule has 20 heavy (non-hydrogen) atoms. The number of rotatable bonds is 1. The maximum atomic E-state index is 4.84. The number of anilines is 1. The van der Waals surface area contributed by atoms with Gasteiger partial charge in [0.25, 0.3) is 0 Å². The second-order valence-electron chi connectivity index (χ2n) is 5.45. The van der Waals surface area contributed by atoms with Gasteiger partial charge in [-0.25, -0.2) is 4.99 Å². The van der Waals surface area contributed by atoms with Crippen LogP contribution in [-0.4, -0.2) is 5.84 Å². The normalized spacial score (nSPS) is 20.4. The molecule has 2 aromatic rings. The summed E-state index contributed by atoms with van der Waals surface area (Å²) in [4.78, 5) is 4.84. The zero-order valence-corrected chi connectivity index (χ0v) is 11.4. The molecule has 4 rings (SSSR count). The molecule has 1 aliphatic carbocycles. The van der Waals surface area contributed by atoms with Crippen LogP contribution in [0.5, 0.6) is 0 Å². The van der Waals surface area contributed by atoms with Gasteiger partial charge in [0.1, 0.15) is 5.84 Å². The van der Waals surface area contributed by atoms with Crippen molar-refractivity contribution in [3.8, 4) is 0 Å². The van der Waals surface area contributed by atoms with E-state index in [0.29, 0.717) is 5.92 Å². The molecule has 1 N–H and O–H groups in total. The minimum absolute atomic E-state index is 0.349. The van der Waals surface area contributed by atoms with Gasteiger partial charge in [0.2, 0.25) is 0 Å². The Morgan fingerprint density at radius 3 is 2.80 bits per heavy atom. The second-order valence-corrected chi connectivity index (χ2v) is 5.45. The van der Waals surface area contributed by atoms with Crippen LogP contribution < -0.4 is 5.32 Å². The van der Waals surface area contributed by atoms with Crippen LogP contribution in [0.1, 0.15) is 13.3 Å². The first-order chi connectivity index (χ1) is 9.81. The summed E-state index contributed by atoms with van der Waals surface area (Å²) in [5.41, 5.74) is 3.58. The second kappa shape index (κ2) is 4.34. The predicted octanol–water partition coefficient (Wildman–Crippen LogP) is 4.82. The number of aliphatic imine (C=N–C) groups is 1. The van der Waals surface area contributed by atoms with E-state index in [1.807, 2.05) is 0 Å². The van der Waals surface area contributed by atoms with Crippen LogP contribution >= 0.6 is 0 Å². The Kier molecular flexibility index (Phi) is 2.49. The van der Waals surface area contributed by atoms with E-state index in [1.165, 1.54) is 22.0 Å². The van der Waals surface area contributed by atoms with Crippen molar-refractivity contribution in [3.63, 3.8) is 0 Å². The van der Waals surface area contributed by atoms with Gasteiger partial charge in [-0.1, -0.05) is 48.1 Å². The highest BCUT2D eigenvalue weighted by Gasteiger charge is 2.20. The summed E-state index contributed by atoms with van der Waals surface area (Å²) in [6.07, 6.45) is 7.72. The van der Waals surface area contributed by atoms with Crippen LogP contribution in [0, 0.1) is 5.92 Å². The summed E-state index contributed by atoms with van der Waals surface area (Å²) in [6, 6.07) is 12.7. The van der Waals surface area contributed by atoms with E-state index in [0.717, 1.165) is 17.9 Å². The molecule has 98 valence electrons. The third-order valence-electron chi connectivity index (χ3n) is 4.02. The fraction of sp³-hybridized carbons (Fsp3) is 0.167. The molecule has 0 spiro atoms. The summed E-state index contributed by atoms with van der Waals surface area (Å²) < 4.78 is 0. The molecule has 1 unspecified atom stereocenters. The third kappa shape index (κ3) is 1.76. The molecule has 2 aromatic carbocycles. The van der Waals surface area contributed by atoms with Crippen molar-refractivity contribution in [2.24, 2.45) is 10.9 Å². The highest BCUT2D eigenvalue weighted by atomic mass is 15.0. The van der Waals surface area contributed by atoms with E-state index in [4.69, 9.17) is 4.99 Å². The summed E-state index contributed by atoms with van der Waals surface area (Å²) in [6.45, 7) is 2.14. The first kappa shape index (κ1) is 11.5. The maximum absolute atomic E-state index is 4.84. The maximum Gasteiger partial charge on any atom is 0.114 e. The van der Waals surface area contributed by atoms with Crippen LogP contribution in [0.3, 0.4) is 0 Å². The van der Waals surface area contributed by atoms with E-state index in [2.05, 4.69) is 66.9 Å². The fourth-order valence-corrected chi connectivity index (χ4v) is 2.92. The lowest BCUT2D eigenvalue weighted by Crippen LogP contribution is -2.24. The molecule has 0 fully saturated rings. The Morgan fingerprint density at radius 2 is 2.00 bits per heavy atom. The quantitative estimate of drug-likeness (QED) is 0.781. The van der Waals surface area contributed by atoms with Crippen molar-refractivity contribution < 1.29 is 0 Å². The van der Waals surface area contributed by atoms with E-state index < -0.39 is 0 Å². The first-order valence-electron chi connectivity index (χ1n) is 7.03. The molecule has 1 atom stereocenters. The number of hydrogen-bond donors (Lipinski definition) is 1. The van der Waals surface area contributed by atoms with Gasteiger partial charge in [-0.15, -0.1) is 0 Å². The Bertz CT molecular complexity index is 776. The number of nitrogens with one attached hydrogen (secondary N) is 1. The lowest BCUT2D eigenvalue weighted by molar-refractivity contribution is 0.855. The van der Waals surface area contributed by atoms with E-state index in [-0.39, 0.29) is 0 Å². The largest absolute Gasteiger partial charge is 0.343 e. The standard InChI is InChI=1S/C18H16N2/c1-12-8-10-14(11-9-12)18-19-15-6-2-4-13-5-3-7-16(20-18)17(13)15/h2-10,14H,11H2,1H3,(H,19,20). The molecule has 0 aromatic heterocycles. The van der Waals surface area contributed by atoms with Crippen molar-refractivity contribution in [2.45, 2.75) is 13.3 Å². The van der Waals surface area contributed by atoms with Crippen LogP contribution in [0.4, 0.5) is 11.4 Å². The van der Waals surface area contributed by atoms with Gasteiger partial charge in [0.05, 0.1) is 5.69 Å². The van der Waals surface area contributed by atoms with Gasteiger partial charge in [-0.3, -0.25) is 0 Å². The Balaban J connectivity index is 1.81. The van der Waals surface area contributed by atoms with Crippen LogP contribution in [0.25, 0.3) is 10.8 Å². The van der Waals surface area contributed by atoms with Crippen molar-refractivity contribution >= 4 is 28.0 Å². The summed E-state index contributed by atoms with van der Waals surface area (Å²) in [5, 5.41) is 5.98. The Hall–Kier alpha value is -2.35. The molecule has 2 heteroatoms. The van der Waals surface area contributed by atoms with Crippen LogP contribution in [-0.2, 0) is 0 Å². The first-order valence-corrected chi connectivity index (χ1v) is 7.03. The van der Waals surface area contributed by atoms with Crippen molar-refractivity contribution in [3.05, 3.63) is 60.2 Å².